The third-order valence-electron chi connectivity index (χ3n) is 3.83. The van der Waals surface area contributed by atoms with Gasteiger partial charge in [0.05, 0.1) is 6.04 Å². The number of hydrogen-bond donors (Lipinski definition) is 2. The highest BCUT2D eigenvalue weighted by atomic mass is 16.2. The van der Waals surface area contributed by atoms with Crippen molar-refractivity contribution in [1.82, 2.24) is 10.6 Å². The highest BCUT2D eigenvalue weighted by Gasteiger charge is 2.19. The minimum atomic E-state index is 0.00507. The standard InChI is InChI=1S/C16H24N2O/c1-13(14-8-4-2-5-9-14)12-18-16(19)15-10-6-3-7-11-17-15/h2,4-5,8-9,13,15,17H,3,6-7,10-12H2,1H3,(H,18,19). The lowest BCUT2D eigenvalue weighted by atomic mass is 10.0. The lowest BCUT2D eigenvalue weighted by molar-refractivity contribution is -0.123. The Balaban J connectivity index is 1.79. The summed E-state index contributed by atoms with van der Waals surface area (Å²) >= 11 is 0. The minimum absolute atomic E-state index is 0.00507. The van der Waals surface area contributed by atoms with Crippen molar-refractivity contribution >= 4 is 5.91 Å². The second kappa shape index (κ2) is 7.29. The third kappa shape index (κ3) is 4.35. The van der Waals surface area contributed by atoms with Crippen molar-refractivity contribution in [3.8, 4) is 0 Å². The summed E-state index contributed by atoms with van der Waals surface area (Å²) in [6.07, 6.45) is 4.53. The minimum Gasteiger partial charge on any atom is -0.354 e. The second-order valence-electron chi connectivity index (χ2n) is 5.41. The Bertz CT molecular complexity index is 383. The molecule has 1 amide bonds. The van der Waals surface area contributed by atoms with Crippen LogP contribution in [0.1, 0.15) is 44.1 Å². The Morgan fingerprint density at radius 2 is 2.11 bits per heavy atom. The molecule has 1 fully saturated rings. The first-order valence-electron chi connectivity index (χ1n) is 7.33. The number of nitrogens with one attached hydrogen (secondary N) is 2. The van der Waals surface area contributed by atoms with Crippen molar-refractivity contribution in [2.45, 2.75) is 44.6 Å². The van der Waals surface area contributed by atoms with Gasteiger partial charge in [0.2, 0.25) is 5.91 Å². The van der Waals surface area contributed by atoms with E-state index in [2.05, 4.69) is 29.7 Å². The molecule has 1 aliphatic heterocycles. The van der Waals surface area contributed by atoms with E-state index in [0.29, 0.717) is 12.5 Å². The molecule has 0 radical (unpaired) electrons. The van der Waals surface area contributed by atoms with Crippen molar-refractivity contribution in [3.05, 3.63) is 35.9 Å². The Hall–Kier alpha value is -1.35. The zero-order valence-electron chi connectivity index (χ0n) is 11.7. The smallest absolute Gasteiger partial charge is 0.237 e. The predicted molar refractivity (Wildman–Crippen MR) is 78.1 cm³/mol. The van der Waals surface area contributed by atoms with Crippen LogP contribution < -0.4 is 10.6 Å². The summed E-state index contributed by atoms with van der Waals surface area (Å²) in [5.74, 6) is 0.514. The number of amides is 1. The topological polar surface area (TPSA) is 41.1 Å². The van der Waals surface area contributed by atoms with Crippen molar-refractivity contribution in [2.24, 2.45) is 0 Å². The van der Waals surface area contributed by atoms with Crippen LogP contribution in [0.15, 0.2) is 30.3 Å². The van der Waals surface area contributed by atoms with Crippen LogP contribution in [0, 0.1) is 0 Å². The fourth-order valence-corrected chi connectivity index (χ4v) is 2.53. The molecule has 1 saturated heterocycles. The molecule has 2 N–H and O–H groups in total. The molecule has 2 unspecified atom stereocenters. The van der Waals surface area contributed by atoms with Gasteiger partial charge in [0.1, 0.15) is 0 Å². The summed E-state index contributed by atoms with van der Waals surface area (Å²) in [5.41, 5.74) is 1.27. The maximum absolute atomic E-state index is 12.1. The summed E-state index contributed by atoms with van der Waals surface area (Å²) < 4.78 is 0. The molecule has 19 heavy (non-hydrogen) atoms. The van der Waals surface area contributed by atoms with Crippen molar-refractivity contribution < 1.29 is 4.79 Å². The number of rotatable bonds is 4. The quantitative estimate of drug-likeness (QED) is 0.873. The van der Waals surface area contributed by atoms with E-state index in [1.807, 2.05) is 18.2 Å². The Labute approximate surface area is 115 Å². The summed E-state index contributed by atoms with van der Waals surface area (Å²) in [5, 5.41) is 6.41. The van der Waals surface area contributed by atoms with Crippen LogP contribution in [0.3, 0.4) is 0 Å². The van der Waals surface area contributed by atoms with E-state index in [4.69, 9.17) is 0 Å². The van der Waals surface area contributed by atoms with Gasteiger partial charge in [-0.3, -0.25) is 4.79 Å². The van der Waals surface area contributed by atoms with Gasteiger partial charge < -0.3 is 10.6 Å². The molecular weight excluding hydrogens is 236 g/mol. The fourth-order valence-electron chi connectivity index (χ4n) is 2.53. The van der Waals surface area contributed by atoms with Crippen LogP contribution in [0.5, 0.6) is 0 Å². The molecule has 2 atom stereocenters. The van der Waals surface area contributed by atoms with Gasteiger partial charge in [0, 0.05) is 6.54 Å². The molecule has 1 aromatic carbocycles. The van der Waals surface area contributed by atoms with Crippen LogP contribution in [0.4, 0.5) is 0 Å². The average Bonchev–Trinajstić information content (AvgIpc) is 2.74. The molecule has 1 aliphatic rings. The van der Waals surface area contributed by atoms with Crippen LogP contribution >= 0.6 is 0 Å². The van der Waals surface area contributed by atoms with Crippen molar-refractivity contribution in [2.75, 3.05) is 13.1 Å². The molecule has 0 bridgehead atoms. The van der Waals surface area contributed by atoms with Gasteiger partial charge in [-0.15, -0.1) is 0 Å². The molecule has 0 spiro atoms. The fraction of sp³-hybridized carbons (Fsp3) is 0.562. The molecule has 2 rings (SSSR count). The summed E-state index contributed by atoms with van der Waals surface area (Å²) in [6.45, 7) is 3.82. The Morgan fingerprint density at radius 1 is 1.32 bits per heavy atom. The van der Waals surface area contributed by atoms with Crippen LogP contribution in [-0.2, 0) is 4.79 Å². The molecule has 1 heterocycles. The Morgan fingerprint density at radius 3 is 2.89 bits per heavy atom. The second-order valence-corrected chi connectivity index (χ2v) is 5.41. The molecule has 3 nitrogen and oxygen atoms in total. The molecule has 0 saturated carbocycles. The number of hydrogen-bond acceptors (Lipinski definition) is 2. The largest absolute Gasteiger partial charge is 0.354 e. The maximum Gasteiger partial charge on any atom is 0.237 e. The van der Waals surface area contributed by atoms with E-state index >= 15 is 0 Å². The van der Waals surface area contributed by atoms with Gasteiger partial charge in [-0.1, -0.05) is 50.1 Å². The van der Waals surface area contributed by atoms with E-state index in [-0.39, 0.29) is 11.9 Å². The summed E-state index contributed by atoms with van der Waals surface area (Å²) in [4.78, 5) is 12.1. The summed E-state index contributed by atoms with van der Waals surface area (Å²) in [7, 11) is 0. The molecule has 104 valence electrons. The van der Waals surface area contributed by atoms with Crippen molar-refractivity contribution in [3.63, 3.8) is 0 Å². The average molecular weight is 260 g/mol. The van der Waals surface area contributed by atoms with Gasteiger partial charge in [0.25, 0.3) is 0 Å². The molecule has 0 aromatic heterocycles. The highest BCUT2D eigenvalue weighted by molar-refractivity contribution is 5.81. The zero-order valence-corrected chi connectivity index (χ0v) is 11.7. The van der Waals surface area contributed by atoms with Crippen LogP contribution in [0.2, 0.25) is 0 Å². The number of carbonyl (C=O) groups is 1. The Kier molecular flexibility index (Phi) is 5.40. The van der Waals surface area contributed by atoms with E-state index in [1.54, 1.807) is 0 Å². The first-order valence-corrected chi connectivity index (χ1v) is 7.33. The van der Waals surface area contributed by atoms with Gasteiger partial charge in [-0.25, -0.2) is 0 Å². The van der Waals surface area contributed by atoms with E-state index < -0.39 is 0 Å². The molecule has 1 aromatic rings. The van der Waals surface area contributed by atoms with Gasteiger partial charge >= 0.3 is 0 Å². The SMILES string of the molecule is CC(CNC(=O)C1CCCCCN1)c1ccccc1. The van der Waals surface area contributed by atoms with Crippen molar-refractivity contribution in [1.29, 1.82) is 0 Å². The van der Waals surface area contributed by atoms with E-state index in [1.165, 1.54) is 18.4 Å². The first-order chi connectivity index (χ1) is 9.27. The molecule has 3 heteroatoms. The molecular formula is C16H24N2O. The van der Waals surface area contributed by atoms with E-state index in [9.17, 15) is 4.79 Å². The van der Waals surface area contributed by atoms with E-state index in [0.717, 1.165) is 19.4 Å². The van der Waals surface area contributed by atoms with Gasteiger partial charge in [-0.2, -0.15) is 0 Å². The summed E-state index contributed by atoms with van der Waals surface area (Å²) in [6, 6.07) is 10.3. The normalized spacial score (nSPS) is 21.4. The number of carbonyl (C=O) groups excluding carboxylic acids is 1. The van der Waals surface area contributed by atoms with Gasteiger partial charge in [-0.05, 0) is 30.9 Å². The number of benzene rings is 1. The van der Waals surface area contributed by atoms with Crippen LogP contribution in [-0.4, -0.2) is 25.0 Å². The van der Waals surface area contributed by atoms with Gasteiger partial charge in [0.15, 0.2) is 0 Å². The third-order valence-corrected chi connectivity index (χ3v) is 3.83. The lowest BCUT2D eigenvalue weighted by Gasteiger charge is -2.18. The first kappa shape index (κ1) is 14.1. The predicted octanol–water partition coefficient (Wildman–Crippen LogP) is 2.44. The lowest BCUT2D eigenvalue weighted by Crippen LogP contribution is -2.44. The zero-order chi connectivity index (χ0) is 13.5. The maximum atomic E-state index is 12.1. The molecule has 0 aliphatic carbocycles. The monoisotopic (exact) mass is 260 g/mol. The highest BCUT2D eigenvalue weighted by Crippen LogP contribution is 2.13. The van der Waals surface area contributed by atoms with Crippen LogP contribution in [0.25, 0.3) is 0 Å².